The Hall–Kier alpha value is -3.35. The second-order valence-electron chi connectivity index (χ2n) is 6.98. The van der Waals surface area contributed by atoms with Gasteiger partial charge in [-0.1, -0.05) is 26.0 Å². The van der Waals surface area contributed by atoms with Crippen LogP contribution in [0.4, 0.5) is 5.69 Å². The second kappa shape index (κ2) is 11.6. The summed E-state index contributed by atoms with van der Waals surface area (Å²) in [6.07, 6.45) is 0.424. The molecule has 0 aliphatic carbocycles. The predicted molar refractivity (Wildman–Crippen MR) is 113 cm³/mol. The van der Waals surface area contributed by atoms with Crippen molar-refractivity contribution in [3.05, 3.63) is 54.1 Å². The highest BCUT2D eigenvalue weighted by atomic mass is 16.6. The molecule has 30 heavy (non-hydrogen) atoms. The third-order valence-corrected chi connectivity index (χ3v) is 3.94. The zero-order valence-corrected chi connectivity index (χ0v) is 17.5. The summed E-state index contributed by atoms with van der Waals surface area (Å²) in [5.74, 6) is 0.133. The first-order chi connectivity index (χ1) is 14.4. The highest BCUT2D eigenvalue weighted by molar-refractivity contribution is 5.98. The van der Waals surface area contributed by atoms with Gasteiger partial charge in [0, 0.05) is 17.7 Å². The van der Waals surface area contributed by atoms with E-state index in [1.807, 2.05) is 20.8 Å². The Kier molecular flexibility index (Phi) is 8.87. The van der Waals surface area contributed by atoms with E-state index < -0.39 is 12.6 Å². The van der Waals surface area contributed by atoms with Gasteiger partial charge < -0.3 is 19.5 Å². The molecule has 0 aliphatic rings. The molecule has 0 aliphatic heterocycles. The summed E-state index contributed by atoms with van der Waals surface area (Å²) < 4.78 is 15.8. The van der Waals surface area contributed by atoms with Gasteiger partial charge in [-0.3, -0.25) is 9.59 Å². The summed E-state index contributed by atoms with van der Waals surface area (Å²) in [4.78, 5) is 35.9. The van der Waals surface area contributed by atoms with Gasteiger partial charge in [-0.05, 0) is 49.2 Å². The first-order valence-corrected chi connectivity index (χ1v) is 9.82. The molecule has 0 bridgehead atoms. The van der Waals surface area contributed by atoms with Gasteiger partial charge in [0.2, 0.25) is 5.91 Å². The van der Waals surface area contributed by atoms with E-state index in [0.29, 0.717) is 35.8 Å². The van der Waals surface area contributed by atoms with E-state index in [0.717, 1.165) is 0 Å². The van der Waals surface area contributed by atoms with Gasteiger partial charge in [0.05, 0.1) is 6.61 Å². The van der Waals surface area contributed by atoms with Crippen LogP contribution in [0.15, 0.2) is 48.5 Å². The van der Waals surface area contributed by atoms with E-state index in [1.54, 1.807) is 48.5 Å². The molecule has 0 saturated heterocycles. The monoisotopic (exact) mass is 413 g/mol. The van der Waals surface area contributed by atoms with Crippen LogP contribution >= 0.6 is 0 Å². The molecule has 0 saturated carbocycles. The van der Waals surface area contributed by atoms with Crippen LogP contribution in [-0.2, 0) is 14.3 Å². The Morgan fingerprint density at radius 3 is 2.13 bits per heavy atom. The number of nitrogens with one attached hydrogen (secondary N) is 1. The van der Waals surface area contributed by atoms with Crippen molar-refractivity contribution in [2.45, 2.75) is 27.2 Å². The number of benzene rings is 2. The zero-order chi connectivity index (χ0) is 21.9. The molecule has 2 rings (SSSR count). The standard InChI is InChI=1S/C23H27NO6/c1-4-28-20-7-5-6-8-21(20)29-15-23(27)30-14-19(25)17-9-11-18(12-10-17)24-22(26)13-16(2)3/h5-12,16H,4,13-15H2,1-3H3,(H,24,26). The maximum absolute atomic E-state index is 12.2. The van der Waals surface area contributed by atoms with Gasteiger partial charge in [-0.15, -0.1) is 0 Å². The average molecular weight is 413 g/mol. The number of para-hydroxylation sites is 2. The molecule has 0 unspecified atom stereocenters. The minimum absolute atomic E-state index is 0.0797. The smallest absolute Gasteiger partial charge is 0.344 e. The summed E-state index contributed by atoms with van der Waals surface area (Å²) in [7, 11) is 0. The summed E-state index contributed by atoms with van der Waals surface area (Å²) in [6, 6.07) is 13.4. The molecule has 1 N–H and O–H groups in total. The topological polar surface area (TPSA) is 90.9 Å². The number of hydrogen-bond donors (Lipinski definition) is 1. The van der Waals surface area contributed by atoms with Crippen molar-refractivity contribution in [3.63, 3.8) is 0 Å². The fourth-order valence-corrected chi connectivity index (χ4v) is 2.57. The molecule has 2 aromatic rings. The van der Waals surface area contributed by atoms with Crippen molar-refractivity contribution in [2.75, 3.05) is 25.1 Å². The first kappa shape index (κ1) is 22.9. The van der Waals surface area contributed by atoms with E-state index in [1.165, 1.54) is 0 Å². The van der Waals surface area contributed by atoms with E-state index in [4.69, 9.17) is 14.2 Å². The number of rotatable bonds is 11. The van der Waals surface area contributed by atoms with Crippen LogP contribution in [0.5, 0.6) is 11.5 Å². The van der Waals surface area contributed by atoms with Crippen LogP contribution in [-0.4, -0.2) is 37.5 Å². The zero-order valence-electron chi connectivity index (χ0n) is 17.5. The first-order valence-electron chi connectivity index (χ1n) is 9.82. The lowest BCUT2D eigenvalue weighted by atomic mass is 10.1. The number of ether oxygens (including phenoxy) is 3. The van der Waals surface area contributed by atoms with Crippen LogP contribution in [0.1, 0.15) is 37.6 Å². The molecule has 2 aromatic carbocycles. The Morgan fingerprint density at radius 2 is 1.53 bits per heavy atom. The van der Waals surface area contributed by atoms with Crippen molar-refractivity contribution in [1.82, 2.24) is 0 Å². The van der Waals surface area contributed by atoms with Crippen molar-refractivity contribution in [1.29, 1.82) is 0 Å². The quantitative estimate of drug-likeness (QED) is 0.444. The minimum atomic E-state index is -0.660. The molecule has 0 aromatic heterocycles. The molecular weight excluding hydrogens is 386 g/mol. The van der Waals surface area contributed by atoms with Crippen LogP contribution < -0.4 is 14.8 Å². The highest BCUT2D eigenvalue weighted by Gasteiger charge is 2.13. The number of ketones is 1. The Bertz CT molecular complexity index is 860. The molecule has 0 radical (unpaired) electrons. The third kappa shape index (κ3) is 7.58. The number of Topliss-reactive ketones (excluding diaryl/α,β-unsaturated/α-hetero) is 1. The number of amides is 1. The lowest BCUT2D eigenvalue weighted by Gasteiger charge is -2.11. The Morgan fingerprint density at radius 1 is 0.900 bits per heavy atom. The van der Waals surface area contributed by atoms with E-state index in [2.05, 4.69) is 5.32 Å². The molecule has 0 atom stereocenters. The van der Waals surface area contributed by atoms with Crippen molar-refractivity contribution in [2.24, 2.45) is 5.92 Å². The van der Waals surface area contributed by atoms with Crippen molar-refractivity contribution < 1.29 is 28.6 Å². The number of anilines is 1. The SMILES string of the molecule is CCOc1ccccc1OCC(=O)OCC(=O)c1ccc(NC(=O)CC(C)C)cc1. The molecule has 0 heterocycles. The van der Waals surface area contributed by atoms with Crippen LogP contribution in [0, 0.1) is 5.92 Å². The van der Waals surface area contributed by atoms with Gasteiger partial charge >= 0.3 is 5.97 Å². The molecular formula is C23H27NO6. The number of esters is 1. The lowest BCUT2D eigenvalue weighted by Crippen LogP contribution is -2.19. The fourth-order valence-electron chi connectivity index (χ4n) is 2.57. The second-order valence-corrected chi connectivity index (χ2v) is 6.98. The maximum atomic E-state index is 12.2. The molecule has 1 amide bonds. The largest absolute Gasteiger partial charge is 0.490 e. The molecule has 7 heteroatoms. The summed E-state index contributed by atoms with van der Waals surface area (Å²) >= 11 is 0. The Labute approximate surface area is 176 Å². The molecule has 0 spiro atoms. The van der Waals surface area contributed by atoms with E-state index in [9.17, 15) is 14.4 Å². The molecule has 0 fully saturated rings. The molecule has 160 valence electrons. The predicted octanol–water partition coefficient (Wildman–Crippen LogP) is 3.87. The van der Waals surface area contributed by atoms with Gasteiger partial charge in [0.25, 0.3) is 0 Å². The van der Waals surface area contributed by atoms with E-state index in [-0.39, 0.29) is 24.2 Å². The van der Waals surface area contributed by atoms with Gasteiger partial charge in [-0.2, -0.15) is 0 Å². The summed E-state index contributed by atoms with van der Waals surface area (Å²) in [6.45, 7) is 5.52. The van der Waals surface area contributed by atoms with E-state index >= 15 is 0 Å². The van der Waals surface area contributed by atoms with Crippen LogP contribution in [0.3, 0.4) is 0 Å². The normalized spacial score (nSPS) is 10.4. The number of carbonyl (C=O) groups is 3. The third-order valence-electron chi connectivity index (χ3n) is 3.94. The van der Waals surface area contributed by atoms with Crippen LogP contribution in [0.25, 0.3) is 0 Å². The molecule has 7 nitrogen and oxygen atoms in total. The maximum Gasteiger partial charge on any atom is 0.344 e. The van der Waals surface area contributed by atoms with Gasteiger partial charge in [-0.25, -0.2) is 4.79 Å². The number of hydrogen-bond acceptors (Lipinski definition) is 6. The van der Waals surface area contributed by atoms with Gasteiger partial charge in [0.15, 0.2) is 30.5 Å². The van der Waals surface area contributed by atoms with Gasteiger partial charge in [0.1, 0.15) is 0 Å². The van der Waals surface area contributed by atoms with Crippen molar-refractivity contribution in [3.8, 4) is 11.5 Å². The lowest BCUT2D eigenvalue weighted by molar-refractivity contribution is -0.144. The minimum Gasteiger partial charge on any atom is -0.490 e. The fraction of sp³-hybridized carbons (Fsp3) is 0.348. The highest BCUT2D eigenvalue weighted by Crippen LogP contribution is 2.26. The van der Waals surface area contributed by atoms with Crippen molar-refractivity contribution >= 4 is 23.3 Å². The summed E-state index contributed by atoms with van der Waals surface area (Å²) in [5, 5.41) is 2.77. The average Bonchev–Trinajstić information content (AvgIpc) is 2.71. The van der Waals surface area contributed by atoms with Crippen LogP contribution in [0.2, 0.25) is 0 Å². The Balaban J connectivity index is 1.79. The number of carbonyl (C=O) groups excluding carboxylic acids is 3. The summed E-state index contributed by atoms with van der Waals surface area (Å²) in [5.41, 5.74) is 0.989.